The van der Waals surface area contributed by atoms with Crippen molar-refractivity contribution in [2.45, 2.75) is 12.5 Å². The summed E-state index contributed by atoms with van der Waals surface area (Å²) in [5, 5.41) is 11.9. The number of nitrogens with one attached hydrogen (secondary N) is 1. The molecular weight excluding hydrogens is 252 g/mol. The summed E-state index contributed by atoms with van der Waals surface area (Å²) in [6.45, 7) is 0. The van der Waals surface area contributed by atoms with Crippen molar-refractivity contribution in [2.75, 3.05) is 14.2 Å². The Labute approximate surface area is 110 Å². The van der Waals surface area contributed by atoms with Crippen LogP contribution in [0.5, 0.6) is 11.5 Å². The minimum atomic E-state index is -0.810. The first-order valence-electron chi connectivity index (χ1n) is 5.52. The molecule has 0 heterocycles. The first kappa shape index (κ1) is 14.8. The number of ether oxygens (including phenoxy) is 2. The predicted octanol–water partition coefficient (Wildman–Crippen LogP) is 0.153. The number of aromatic hydroxyl groups is 1. The molecule has 0 aliphatic rings. The number of rotatable bonds is 4. The van der Waals surface area contributed by atoms with Crippen molar-refractivity contribution < 1.29 is 24.2 Å². The van der Waals surface area contributed by atoms with Gasteiger partial charge < -0.3 is 25.6 Å². The van der Waals surface area contributed by atoms with Crippen LogP contribution >= 0.6 is 0 Å². The largest absolute Gasteiger partial charge is 0.504 e. The lowest BCUT2D eigenvalue weighted by Crippen LogP contribution is -2.33. The Balaban J connectivity index is 2.76. The van der Waals surface area contributed by atoms with Gasteiger partial charge in [0.25, 0.3) is 0 Å². The number of phenolic OH excluding ortho intramolecular Hbond substituents is 1. The summed E-state index contributed by atoms with van der Waals surface area (Å²) in [7, 11) is 2.66. The lowest BCUT2D eigenvalue weighted by Gasteiger charge is -2.11. The predicted molar refractivity (Wildman–Crippen MR) is 66.9 cm³/mol. The Morgan fingerprint density at radius 1 is 1.47 bits per heavy atom. The van der Waals surface area contributed by atoms with Crippen LogP contribution in [0.25, 0.3) is 0 Å². The average molecular weight is 268 g/mol. The molecule has 1 aromatic rings. The van der Waals surface area contributed by atoms with E-state index in [1.807, 2.05) is 0 Å². The van der Waals surface area contributed by atoms with E-state index in [4.69, 9.17) is 10.5 Å². The molecule has 0 radical (unpaired) electrons. The number of benzene rings is 1. The summed E-state index contributed by atoms with van der Waals surface area (Å²) in [6.07, 6.45) is -0.477. The molecule has 0 aliphatic carbocycles. The van der Waals surface area contributed by atoms with Gasteiger partial charge in [-0.15, -0.1) is 0 Å². The minimum Gasteiger partial charge on any atom is -0.504 e. The van der Waals surface area contributed by atoms with Gasteiger partial charge in [0.15, 0.2) is 11.5 Å². The van der Waals surface area contributed by atoms with Crippen LogP contribution in [0.1, 0.15) is 5.56 Å². The molecule has 1 aromatic carbocycles. The SMILES string of the molecule is CNC(=O)Oc1ccc(C[C@H](N)C(=O)OC)cc1O. The van der Waals surface area contributed by atoms with Gasteiger partial charge in [-0.1, -0.05) is 6.07 Å². The van der Waals surface area contributed by atoms with E-state index in [1.54, 1.807) is 6.07 Å². The van der Waals surface area contributed by atoms with Crippen LogP contribution in [0.4, 0.5) is 4.79 Å². The molecule has 0 bridgehead atoms. The average Bonchev–Trinajstić information content (AvgIpc) is 2.40. The zero-order chi connectivity index (χ0) is 14.4. The van der Waals surface area contributed by atoms with Gasteiger partial charge in [0.05, 0.1) is 7.11 Å². The van der Waals surface area contributed by atoms with E-state index in [2.05, 4.69) is 10.1 Å². The van der Waals surface area contributed by atoms with Gasteiger partial charge in [0.1, 0.15) is 6.04 Å². The molecule has 0 aliphatic heterocycles. The Morgan fingerprint density at radius 2 is 2.16 bits per heavy atom. The fraction of sp³-hybridized carbons (Fsp3) is 0.333. The summed E-state index contributed by atoms with van der Waals surface area (Å²) in [5.41, 5.74) is 6.22. The van der Waals surface area contributed by atoms with Gasteiger partial charge in [0.2, 0.25) is 0 Å². The Kier molecular flexibility index (Phi) is 5.13. The fourth-order valence-corrected chi connectivity index (χ4v) is 1.42. The van der Waals surface area contributed by atoms with E-state index in [-0.39, 0.29) is 17.9 Å². The van der Waals surface area contributed by atoms with Crippen molar-refractivity contribution >= 4 is 12.1 Å². The standard InChI is InChI=1S/C12H16N2O5/c1-14-12(17)19-10-4-3-7(6-9(10)15)5-8(13)11(16)18-2/h3-4,6,8,15H,5,13H2,1-2H3,(H,14,17)/t8-/m0/s1. The van der Waals surface area contributed by atoms with Crippen LogP contribution in [-0.4, -0.2) is 37.4 Å². The van der Waals surface area contributed by atoms with Crippen LogP contribution in [0, 0.1) is 0 Å². The number of phenols is 1. The molecule has 0 saturated heterocycles. The van der Waals surface area contributed by atoms with Crippen molar-refractivity contribution in [3.05, 3.63) is 23.8 Å². The first-order chi connectivity index (χ1) is 8.97. The summed E-state index contributed by atoms with van der Waals surface area (Å²) < 4.78 is 9.30. The lowest BCUT2D eigenvalue weighted by atomic mass is 10.1. The third-order valence-electron chi connectivity index (χ3n) is 2.39. The number of hydrogen-bond donors (Lipinski definition) is 3. The highest BCUT2D eigenvalue weighted by Crippen LogP contribution is 2.27. The number of carbonyl (C=O) groups is 2. The molecule has 0 fully saturated rings. The lowest BCUT2D eigenvalue weighted by molar-refractivity contribution is -0.142. The number of hydrogen-bond acceptors (Lipinski definition) is 6. The zero-order valence-electron chi connectivity index (χ0n) is 10.7. The smallest absolute Gasteiger partial charge is 0.412 e. The van der Waals surface area contributed by atoms with Gasteiger partial charge >= 0.3 is 12.1 Å². The second-order valence-electron chi connectivity index (χ2n) is 3.78. The van der Waals surface area contributed by atoms with Crippen LogP contribution in [0.2, 0.25) is 0 Å². The second-order valence-corrected chi connectivity index (χ2v) is 3.78. The van der Waals surface area contributed by atoms with E-state index < -0.39 is 18.1 Å². The summed E-state index contributed by atoms with van der Waals surface area (Å²) in [4.78, 5) is 22.2. The van der Waals surface area contributed by atoms with Crippen LogP contribution < -0.4 is 15.8 Å². The van der Waals surface area contributed by atoms with Crippen molar-refractivity contribution in [3.63, 3.8) is 0 Å². The van der Waals surface area contributed by atoms with E-state index in [0.717, 1.165) is 0 Å². The third kappa shape index (κ3) is 4.14. The normalized spacial score (nSPS) is 11.5. The van der Waals surface area contributed by atoms with E-state index in [9.17, 15) is 14.7 Å². The molecule has 7 heteroatoms. The van der Waals surface area contributed by atoms with Gasteiger partial charge in [-0.3, -0.25) is 4.79 Å². The van der Waals surface area contributed by atoms with Crippen LogP contribution in [0.15, 0.2) is 18.2 Å². The topological polar surface area (TPSA) is 111 Å². The maximum absolute atomic E-state index is 11.2. The van der Waals surface area contributed by atoms with E-state index in [0.29, 0.717) is 5.56 Å². The number of methoxy groups -OCH3 is 1. The molecule has 19 heavy (non-hydrogen) atoms. The highest BCUT2D eigenvalue weighted by atomic mass is 16.6. The first-order valence-corrected chi connectivity index (χ1v) is 5.52. The summed E-state index contributed by atoms with van der Waals surface area (Å²) in [5.74, 6) is -0.724. The maximum Gasteiger partial charge on any atom is 0.412 e. The van der Waals surface area contributed by atoms with Crippen molar-refractivity contribution in [3.8, 4) is 11.5 Å². The van der Waals surface area contributed by atoms with Crippen LogP contribution in [0.3, 0.4) is 0 Å². The Hall–Kier alpha value is -2.28. The van der Waals surface area contributed by atoms with Crippen molar-refractivity contribution in [2.24, 2.45) is 5.73 Å². The molecule has 0 unspecified atom stereocenters. The van der Waals surface area contributed by atoms with Gasteiger partial charge in [-0.05, 0) is 24.1 Å². The molecule has 0 aromatic heterocycles. The van der Waals surface area contributed by atoms with Gasteiger partial charge in [0, 0.05) is 7.05 Å². The Morgan fingerprint density at radius 3 is 2.68 bits per heavy atom. The summed E-state index contributed by atoms with van der Waals surface area (Å²) in [6, 6.07) is 3.58. The monoisotopic (exact) mass is 268 g/mol. The van der Waals surface area contributed by atoms with Gasteiger partial charge in [-0.25, -0.2) is 4.79 Å². The van der Waals surface area contributed by atoms with E-state index in [1.165, 1.54) is 26.3 Å². The number of nitrogens with two attached hydrogens (primary N) is 1. The molecule has 1 amide bonds. The number of amides is 1. The molecule has 0 spiro atoms. The molecule has 1 atom stereocenters. The van der Waals surface area contributed by atoms with E-state index >= 15 is 0 Å². The highest BCUT2D eigenvalue weighted by molar-refractivity contribution is 5.75. The molecular formula is C12H16N2O5. The highest BCUT2D eigenvalue weighted by Gasteiger charge is 2.15. The minimum absolute atomic E-state index is 0.0229. The molecule has 1 rings (SSSR count). The van der Waals surface area contributed by atoms with Crippen LogP contribution in [-0.2, 0) is 16.0 Å². The molecule has 7 nitrogen and oxygen atoms in total. The molecule has 0 saturated carbocycles. The maximum atomic E-state index is 11.2. The Bertz CT molecular complexity index is 475. The fourth-order valence-electron chi connectivity index (χ4n) is 1.42. The second kappa shape index (κ2) is 6.60. The van der Waals surface area contributed by atoms with Gasteiger partial charge in [-0.2, -0.15) is 0 Å². The number of carbonyl (C=O) groups excluding carboxylic acids is 2. The van der Waals surface area contributed by atoms with Crippen molar-refractivity contribution in [1.29, 1.82) is 0 Å². The van der Waals surface area contributed by atoms with Crippen molar-refractivity contribution in [1.82, 2.24) is 5.32 Å². The third-order valence-corrected chi connectivity index (χ3v) is 2.39. The number of esters is 1. The quantitative estimate of drug-likeness (QED) is 0.670. The summed E-state index contributed by atoms with van der Waals surface area (Å²) >= 11 is 0. The zero-order valence-corrected chi connectivity index (χ0v) is 10.7. The molecule has 104 valence electrons. The molecule has 4 N–H and O–H groups in total.